The van der Waals surface area contributed by atoms with Crippen molar-refractivity contribution in [3.63, 3.8) is 0 Å². The van der Waals surface area contributed by atoms with Gasteiger partial charge in [-0.1, -0.05) is 6.07 Å². The first-order chi connectivity index (χ1) is 9.63. The Kier molecular flexibility index (Phi) is 4.13. The summed E-state index contributed by atoms with van der Waals surface area (Å²) in [7, 11) is 0. The number of hydrogen-bond acceptors (Lipinski definition) is 3. The van der Waals surface area contributed by atoms with Crippen molar-refractivity contribution in [3.05, 3.63) is 58.7 Å². The summed E-state index contributed by atoms with van der Waals surface area (Å²) in [6, 6.07) is 7.61. The minimum Gasteiger partial charge on any atom is -0.392 e. The van der Waals surface area contributed by atoms with Crippen LogP contribution in [-0.4, -0.2) is 16.0 Å². The van der Waals surface area contributed by atoms with Crippen LogP contribution < -0.4 is 5.32 Å². The minimum atomic E-state index is -0.480. The van der Waals surface area contributed by atoms with Crippen molar-refractivity contribution in [1.29, 1.82) is 5.26 Å². The second kappa shape index (κ2) is 5.99. The zero-order valence-corrected chi connectivity index (χ0v) is 10.5. The number of aromatic amines is 1. The highest BCUT2D eigenvalue weighted by Gasteiger charge is 2.08. The lowest BCUT2D eigenvalue weighted by molar-refractivity contribution is 0.0951. The molecule has 1 heterocycles. The number of aliphatic hydroxyl groups is 1. The van der Waals surface area contributed by atoms with Gasteiger partial charge in [0, 0.05) is 18.3 Å². The van der Waals surface area contributed by atoms with E-state index >= 15 is 0 Å². The Labute approximate surface area is 114 Å². The molecule has 2 rings (SSSR count). The van der Waals surface area contributed by atoms with E-state index in [0.29, 0.717) is 16.8 Å². The molecule has 6 heteroatoms. The van der Waals surface area contributed by atoms with Crippen LogP contribution in [0.4, 0.5) is 4.39 Å². The van der Waals surface area contributed by atoms with E-state index in [1.165, 1.54) is 30.5 Å². The summed E-state index contributed by atoms with van der Waals surface area (Å²) in [6.45, 7) is -0.184. The lowest BCUT2D eigenvalue weighted by Crippen LogP contribution is -2.22. The van der Waals surface area contributed by atoms with Crippen LogP contribution >= 0.6 is 0 Å². The number of amides is 1. The molecular weight excluding hydrogens is 261 g/mol. The monoisotopic (exact) mass is 273 g/mol. The van der Waals surface area contributed by atoms with Crippen LogP contribution in [0.5, 0.6) is 0 Å². The molecule has 0 aliphatic heterocycles. The van der Waals surface area contributed by atoms with Gasteiger partial charge in [-0.15, -0.1) is 0 Å². The van der Waals surface area contributed by atoms with E-state index in [-0.39, 0.29) is 18.0 Å². The third kappa shape index (κ3) is 3.02. The van der Waals surface area contributed by atoms with Crippen molar-refractivity contribution in [3.8, 4) is 6.07 Å². The molecule has 5 nitrogen and oxygen atoms in total. The average Bonchev–Trinajstić information content (AvgIpc) is 2.95. The molecule has 1 aromatic carbocycles. The second-order valence-corrected chi connectivity index (χ2v) is 4.18. The Hall–Kier alpha value is -2.65. The number of halogens is 1. The van der Waals surface area contributed by atoms with Crippen molar-refractivity contribution in [2.75, 3.05) is 0 Å². The van der Waals surface area contributed by atoms with Crippen LogP contribution in [0.2, 0.25) is 0 Å². The van der Waals surface area contributed by atoms with Gasteiger partial charge in [-0.2, -0.15) is 5.26 Å². The van der Waals surface area contributed by atoms with Crippen LogP contribution in [0.25, 0.3) is 0 Å². The molecule has 0 bridgehead atoms. The van der Waals surface area contributed by atoms with Crippen LogP contribution in [0.1, 0.15) is 27.2 Å². The number of nitrogens with one attached hydrogen (secondary N) is 2. The highest BCUT2D eigenvalue weighted by molar-refractivity contribution is 5.94. The van der Waals surface area contributed by atoms with Gasteiger partial charge < -0.3 is 15.4 Å². The SMILES string of the molecule is N#Cc1cc(C(=O)NCc2ccc(F)c(CO)c2)c[nH]1. The predicted octanol–water partition coefficient (Wildman–Crippen LogP) is 1.45. The second-order valence-electron chi connectivity index (χ2n) is 4.18. The average molecular weight is 273 g/mol. The first kappa shape index (κ1) is 13.8. The number of rotatable bonds is 4. The third-order valence-corrected chi connectivity index (χ3v) is 2.80. The van der Waals surface area contributed by atoms with Gasteiger partial charge in [-0.25, -0.2) is 4.39 Å². The molecule has 1 aromatic heterocycles. The number of H-pyrrole nitrogens is 1. The Bertz CT molecular complexity index is 673. The Morgan fingerprint density at radius 3 is 2.90 bits per heavy atom. The number of carbonyl (C=O) groups is 1. The molecule has 0 atom stereocenters. The number of hydrogen-bond donors (Lipinski definition) is 3. The van der Waals surface area contributed by atoms with Gasteiger partial charge in [0.2, 0.25) is 0 Å². The molecule has 0 fully saturated rings. The molecule has 102 valence electrons. The molecule has 0 radical (unpaired) electrons. The van der Waals surface area contributed by atoms with E-state index in [4.69, 9.17) is 10.4 Å². The number of nitrogens with zero attached hydrogens (tertiary/aromatic N) is 1. The maximum absolute atomic E-state index is 13.2. The van der Waals surface area contributed by atoms with Gasteiger partial charge in [0.25, 0.3) is 5.91 Å². The number of nitriles is 1. The maximum Gasteiger partial charge on any atom is 0.253 e. The Balaban J connectivity index is 2.01. The summed E-state index contributed by atoms with van der Waals surface area (Å²) in [6.07, 6.45) is 1.44. The topological polar surface area (TPSA) is 88.9 Å². The normalized spacial score (nSPS) is 10.1. The van der Waals surface area contributed by atoms with Crippen LogP contribution in [0.3, 0.4) is 0 Å². The van der Waals surface area contributed by atoms with Gasteiger partial charge in [0.15, 0.2) is 0 Å². The lowest BCUT2D eigenvalue weighted by atomic mass is 10.1. The highest BCUT2D eigenvalue weighted by atomic mass is 19.1. The molecule has 0 aliphatic carbocycles. The number of carbonyl (C=O) groups excluding carboxylic acids is 1. The van der Waals surface area contributed by atoms with E-state index < -0.39 is 12.4 Å². The summed E-state index contributed by atoms with van der Waals surface area (Å²) < 4.78 is 13.2. The predicted molar refractivity (Wildman–Crippen MR) is 69.0 cm³/mol. The Morgan fingerprint density at radius 1 is 1.45 bits per heavy atom. The van der Waals surface area contributed by atoms with Crippen LogP contribution in [-0.2, 0) is 13.2 Å². The summed E-state index contributed by atoms with van der Waals surface area (Å²) in [5.41, 5.74) is 1.52. The Morgan fingerprint density at radius 2 is 2.25 bits per heavy atom. The maximum atomic E-state index is 13.2. The first-order valence-electron chi connectivity index (χ1n) is 5.89. The van der Waals surface area contributed by atoms with Gasteiger partial charge in [-0.05, 0) is 23.8 Å². The van der Waals surface area contributed by atoms with Crippen LogP contribution in [0, 0.1) is 17.1 Å². The number of aromatic nitrogens is 1. The van der Waals surface area contributed by atoms with E-state index in [1.807, 2.05) is 6.07 Å². The molecule has 20 heavy (non-hydrogen) atoms. The zero-order valence-electron chi connectivity index (χ0n) is 10.5. The van der Waals surface area contributed by atoms with E-state index in [9.17, 15) is 9.18 Å². The minimum absolute atomic E-state index is 0.185. The summed E-state index contributed by atoms with van der Waals surface area (Å²) in [5, 5.41) is 20.3. The summed E-state index contributed by atoms with van der Waals surface area (Å²) >= 11 is 0. The molecular formula is C14H12FN3O2. The van der Waals surface area contributed by atoms with Gasteiger partial charge in [-0.3, -0.25) is 4.79 Å². The molecule has 0 saturated carbocycles. The van der Waals surface area contributed by atoms with Crippen molar-refractivity contribution < 1.29 is 14.3 Å². The van der Waals surface area contributed by atoms with Gasteiger partial charge >= 0.3 is 0 Å². The lowest BCUT2D eigenvalue weighted by Gasteiger charge is -2.06. The molecule has 3 N–H and O–H groups in total. The van der Waals surface area contributed by atoms with E-state index in [0.717, 1.165) is 0 Å². The standard InChI is InChI=1S/C14H12FN3O2/c15-13-2-1-9(3-11(13)8-19)6-18-14(20)10-4-12(5-16)17-7-10/h1-4,7,17,19H,6,8H2,(H,18,20). The molecule has 0 saturated heterocycles. The fourth-order valence-electron chi connectivity index (χ4n) is 1.73. The van der Waals surface area contributed by atoms with Crippen molar-refractivity contribution in [1.82, 2.24) is 10.3 Å². The van der Waals surface area contributed by atoms with Crippen molar-refractivity contribution in [2.24, 2.45) is 0 Å². The molecule has 0 aliphatic rings. The molecule has 0 spiro atoms. The third-order valence-electron chi connectivity index (χ3n) is 2.80. The highest BCUT2D eigenvalue weighted by Crippen LogP contribution is 2.11. The van der Waals surface area contributed by atoms with E-state index in [2.05, 4.69) is 10.3 Å². The molecule has 1 amide bonds. The molecule has 2 aromatic rings. The number of aliphatic hydroxyl groups excluding tert-OH is 1. The fraction of sp³-hybridized carbons (Fsp3) is 0.143. The first-order valence-corrected chi connectivity index (χ1v) is 5.89. The summed E-state index contributed by atoms with van der Waals surface area (Å²) in [4.78, 5) is 14.5. The molecule has 0 unspecified atom stereocenters. The smallest absolute Gasteiger partial charge is 0.253 e. The quantitative estimate of drug-likeness (QED) is 0.787. The van der Waals surface area contributed by atoms with Crippen molar-refractivity contribution in [2.45, 2.75) is 13.2 Å². The summed E-state index contributed by atoms with van der Waals surface area (Å²) in [5.74, 6) is -0.815. The van der Waals surface area contributed by atoms with Gasteiger partial charge in [0.1, 0.15) is 17.6 Å². The van der Waals surface area contributed by atoms with E-state index in [1.54, 1.807) is 0 Å². The van der Waals surface area contributed by atoms with Crippen LogP contribution in [0.15, 0.2) is 30.5 Å². The fourth-order valence-corrected chi connectivity index (χ4v) is 1.73. The largest absolute Gasteiger partial charge is 0.392 e. The zero-order chi connectivity index (χ0) is 14.5. The van der Waals surface area contributed by atoms with Gasteiger partial charge in [0.05, 0.1) is 12.2 Å². The number of benzene rings is 1. The van der Waals surface area contributed by atoms with Crippen molar-refractivity contribution >= 4 is 5.91 Å².